The van der Waals surface area contributed by atoms with Gasteiger partial charge in [0.1, 0.15) is 0 Å². The molecule has 1 unspecified atom stereocenters. The van der Waals surface area contributed by atoms with E-state index in [1.165, 1.54) is 0 Å². The van der Waals surface area contributed by atoms with Gasteiger partial charge in [-0.05, 0) is 0 Å². The molecule has 0 N–H and O–H groups in total. The Kier molecular flexibility index (Phi) is 8.81. The van der Waals surface area contributed by atoms with E-state index in [1.54, 1.807) is 0 Å². The van der Waals surface area contributed by atoms with E-state index in [-0.39, 0.29) is 0 Å². The Balaban J connectivity index is 3.44. The first kappa shape index (κ1) is 13.7. The molecule has 11 heavy (non-hydrogen) atoms. The van der Waals surface area contributed by atoms with E-state index in [1.807, 2.05) is 0 Å². The fraction of sp³-hybridized carbons (Fsp3) is 1.00. The zero-order valence-electron chi connectivity index (χ0n) is 6.12. The Labute approximate surface area is 94.2 Å². The van der Waals surface area contributed by atoms with E-state index in [4.69, 9.17) is 37.1 Å². The summed E-state index contributed by atoms with van der Waals surface area (Å²) in [5.41, 5.74) is 0. The standard InChI is InChI=1S/C4H9.4ClH.O.2Sn.H/c1-3-4-2;;;;;;;;/h1,3-4H2,2H3;4*1H;;;;/q;;;;;;+1;+3;/p-4. The van der Waals surface area contributed by atoms with Crippen LogP contribution in [0.1, 0.15) is 19.8 Å². The molecule has 68 valence electrons. The van der Waals surface area contributed by atoms with Crippen molar-refractivity contribution >= 4 is 70.1 Å². The van der Waals surface area contributed by atoms with Gasteiger partial charge in [0, 0.05) is 0 Å². The summed E-state index contributed by atoms with van der Waals surface area (Å²) < 4.78 is 6.18. The number of hydrogen-bond donors (Lipinski definition) is 0. The average molecular weight is 453 g/mol. The number of hydrogen-bond acceptors (Lipinski definition) is 1. The van der Waals surface area contributed by atoms with E-state index in [0.29, 0.717) is 0 Å². The second kappa shape index (κ2) is 7.07. The van der Waals surface area contributed by atoms with E-state index < -0.39 is 34.5 Å². The molecule has 0 aliphatic carbocycles. The van der Waals surface area contributed by atoms with Gasteiger partial charge in [-0.1, -0.05) is 0 Å². The van der Waals surface area contributed by atoms with Gasteiger partial charge in [-0.15, -0.1) is 0 Å². The Morgan fingerprint density at radius 1 is 1.36 bits per heavy atom. The first-order valence-electron chi connectivity index (χ1n) is 3.34. The fourth-order valence-electron chi connectivity index (χ4n) is 0.569. The van der Waals surface area contributed by atoms with Gasteiger partial charge in [0.05, 0.1) is 0 Å². The van der Waals surface area contributed by atoms with Crippen molar-refractivity contribution in [2.45, 2.75) is 24.2 Å². The molecule has 1 nitrogen and oxygen atoms in total. The molecule has 0 aromatic rings. The van der Waals surface area contributed by atoms with Gasteiger partial charge in [-0.25, -0.2) is 0 Å². The molecule has 0 rings (SSSR count). The van der Waals surface area contributed by atoms with Crippen LogP contribution < -0.4 is 0 Å². The van der Waals surface area contributed by atoms with Gasteiger partial charge in [-0.3, -0.25) is 0 Å². The Bertz CT molecular complexity index is 107. The quantitative estimate of drug-likeness (QED) is 0.580. The van der Waals surface area contributed by atoms with Crippen molar-refractivity contribution < 1.29 is 1.41 Å². The van der Waals surface area contributed by atoms with Crippen LogP contribution in [0.25, 0.3) is 0 Å². The van der Waals surface area contributed by atoms with Gasteiger partial charge >= 0.3 is 95.8 Å². The molecule has 0 saturated heterocycles. The van der Waals surface area contributed by atoms with Crippen LogP contribution in [0.5, 0.6) is 0 Å². The van der Waals surface area contributed by atoms with Crippen molar-refractivity contribution in [3.05, 3.63) is 0 Å². The minimum absolute atomic E-state index is 0.963. The zero-order chi connectivity index (χ0) is 8.91. The van der Waals surface area contributed by atoms with Gasteiger partial charge in [0.2, 0.25) is 0 Å². The molecular formula is C4H10Cl4OSn2. The molecule has 0 amide bonds. The molecule has 0 bridgehead atoms. The Morgan fingerprint density at radius 2 is 1.91 bits per heavy atom. The molecular weight excluding hydrogens is 443 g/mol. The number of rotatable bonds is 5. The fourth-order valence-corrected chi connectivity index (χ4v) is 39.3. The summed E-state index contributed by atoms with van der Waals surface area (Å²) in [5.74, 6) is 0. The molecule has 0 aromatic carbocycles. The van der Waals surface area contributed by atoms with Gasteiger partial charge in [0.25, 0.3) is 0 Å². The molecule has 0 heterocycles. The summed E-state index contributed by atoms with van der Waals surface area (Å²) in [4.78, 5) is 0. The molecule has 0 saturated carbocycles. The summed E-state index contributed by atoms with van der Waals surface area (Å²) in [5, 5.41) is 0. The summed E-state index contributed by atoms with van der Waals surface area (Å²) in [6, 6.07) is 0. The molecule has 7 heteroatoms. The topological polar surface area (TPSA) is 9.23 Å². The third-order valence-electron chi connectivity index (χ3n) is 1.05. The normalized spacial score (nSPS) is 15.0. The van der Waals surface area contributed by atoms with Crippen LogP contribution >= 0.6 is 35.7 Å². The van der Waals surface area contributed by atoms with Crippen LogP contribution in [0, 0.1) is 0 Å². The van der Waals surface area contributed by atoms with Crippen LogP contribution in [0.3, 0.4) is 0 Å². The third kappa shape index (κ3) is 10.6. The molecule has 0 aromatic heterocycles. The summed E-state index contributed by atoms with van der Waals surface area (Å²) in [7, 11) is 22.7. The number of unbranched alkanes of at least 4 members (excludes halogenated alkanes) is 1. The average Bonchev–Trinajstić information content (AvgIpc) is 1.79. The number of halogens is 4. The summed E-state index contributed by atoms with van der Waals surface area (Å²) in [6.45, 7) is 2.11. The molecule has 0 fully saturated rings. The van der Waals surface area contributed by atoms with Gasteiger partial charge in [0.15, 0.2) is 0 Å². The van der Waals surface area contributed by atoms with E-state index in [2.05, 4.69) is 6.92 Å². The maximum atomic E-state index is 5.93. The zero-order valence-corrected chi connectivity index (χ0v) is 15.3. The molecule has 0 aliphatic rings. The molecule has 0 spiro atoms. The maximum absolute atomic E-state index is 5.93. The molecule has 0 aliphatic heterocycles. The van der Waals surface area contributed by atoms with E-state index >= 15 is 0 Å². The van der Waals surface area contributed by atoms with Crippen molar-refractivity contribution in [2.24, 2.45) is 0 Å². The van der Waals surface area contributed by atoms with E-state index in [0.717, 1.165) is 17.3 Å². The van der Waals surface area contributed by atoms with Crippen molar-refractivity contribution in [3.63, 3.8) is 0 Å². The van der Waals surface area contributed by atoms with E-state index in [9.17, 15) is 0 Å². The monoisotopic (exact) mass is 454 g/mol. The van der Waals surface area contributed by atoms with Crippen LogP contribution in [-0.4, -0.2) is 34.5 Å². The summed E-state index contributed by atoms with van der Waals surface area (Å²) in [6.07, 6.45) is 2.22. The van der Waals surface area contributed by atoms with Crippen molar-refractivity contribution in [2.75, 3.05) is 0 Å². The Hall–Kier alpha value is 2.72. The second-order valence-electron chi connectivity index (χ2n) is 2.12. The third-order valence-corrected chi connectivity index (χ3v) is 32.5. The predicted octanol–water partition coefficient (Wildman–Crippen LogP) is 3.41. The van der Waals surface area contributed by atoms with Crippen LogP contribution in [0.15, 0.2) is 0 Å². The summed E-state index contributed by atoms with van der Waals surface area (Å²) >= 11 is -5.87. The first-order chi connectivity index (χ1) is 4.95. The minimum atomic E-state index is -3.55. The first-order valence-corrected chi connectivity index (χ1v) is 23.2. The van der Waals surface area contributed by atoms with Gasteiger partial charge < -0.3 is 0 Å². The van der Waals surface area contributed by atoms with Gasteiger partial charge in [-0.2, -0.15) is 0 Å². The van der Waals surface area contributed by atoms with Crippen LogP contribution in [0.4, 0.5) is 0 Å². The van der Waals surface area contributed by atoms with Crippen molar-refractivity contribution in [3.8, 4) is 0 Å². The van der Waals surface area contributed by atoms with Crippen LogP contribution in [0.2, 0.25) is 4.44 Å². The van der Waals surface area contributed by atoms with Crippen molar-refractivity contribution in [1.29, 1.82) is 0 Å². The Morgan fingerprint density at radius 3 is 2.27 bits per heavy atom. The predicted molar refractivity (Wildman–Crippen MR) is 57.1 cm³/mol. The molecule has 0 radical (unpaired) electrons. The van der Waals surface area contributed by atoms with Crippen molar-refractivity contribution in [1.82, 2.24) is 0 Å². The SMILES string of the molecule is CCC[CH2][SnH]([Cl])[O][Sn]([Cl])([Cl])[Cl]. The van der Waals surface area contributed by atoms with Crippen LogP contribution in [-0.2, 0) is 1.41 Å². The second-order valence-corrected chi connectivity index (χ2v) is 31.7. The molecule has 1 atom stereocenters.